The Hall–Kier alpha value is -2.29. The van der Waals surface area contributed by atoms with Gasteiger partial charge < -0.3 is 10.6 Å². The van der Waals surface area contributed by atoms with Crippen LogP contribution in [0.15, 0.2) is 54.6 Å². The van der Waals surface area contributed by atoms with Crippen molar-refractivity contribution in [2.75, 3.05) is 18.4 Å². The van der Waals surface area contributed by atoms with Crippen LogP contribution < -0.4 is 10.6 Å². The molecule has 0 bridgehead atoms. The fraction of sp³-hybridized carbons (Fsp3) is 0.235. The summed E-state index contributed by atoms with van der Waals surface area (Å²) in [5.41, 5.74) is 3.39. The molecule has 2 aromatic carbocycles. The normalized spacial score (nSPS) is 10.1. The second kappa shape index (κ2) is 7.34. The van der Waals surface area contributed by atoms with Crippen molar-refractivity contribution in [1.29, 1.82) is 0 Å². The molecule has 2 aromatic rings. The summed E-state index contributed by atoms with van der Waals surface area (Å²) < 4.78 is 0. The van der Waals surface area contributed by atoms with Crippen LogP contribution >= 0.6 is 0 Å². The zero-order valence-corrected chi connectivity index (χ0v) is 11.7. The van der Waals surface area contributed by atoms with Gasteiger partial charge in [-0.3, -0.25) is 4.79 Å². The number of rotatable bonds is 6. The summed E-state index contributed by atoms with van der Waals surface area (Å²) in [6.45, 7) is 3.00. The number of aryl methyl sites for hydroxylation is 1. The Balaban J connectivity index is 1.68. The summed E-state index contributed by atoms with van der Waals surface area (Å²) >= 11 is 0. The third-order valence-electron chi connectivity index (χ3n) is 3.05. The fourth-order valence-electron chi connectivity index (χ4n) is 1.99. The predicted molar refractivity (Wildman–Crippen MR) is 82.8 cm³/mol. The molecule has 0 aromatic heterocycles. The van der Waals surface area contributed by atoms with E-state index in [-0.39, 0.29) is 5.91 Å². The maximum Gasteiger partial charge on any atom is 0.239 e. The van der Waals surface area contributed by atoms with Gasteiger partial charge in [0.2, 0.25) is 5.91 Å². The third kappa shape index (κ3) is 4.76. The van der Waals surface area contributed by atoms with E-state index in [1.807, 2.05) is 49.4 Å². The molecule has 0 atom stereocenters. The zero-order valence-electron chi connectivity index (χ0n) is 11.7. The average molecular weight is 268 g/mol. The van der Waals surface area contributed by atoms with Gasteiger partial charge in [0.15, 0.2) is 0 Å². The largest absolute Gasteiger partial charge is 0.376 e. The number of carbonyl (C=O) groups is 1. The van der Waals surface area contributed by atoms with Crippen LogP contribution in [0.3, 0.4) is 0 Å². The van der Waals surface area contributed by atoms with Crippen molar-refractivity contribution < 1.29 is 4.79 Å². The molecule has 0 aliphatic heterocycles. The highest BCUT2D eigenvalue weighted by Crippen LogP contribution is 2.08. The second-order valence-corrected chi connectivity index (χ2v) is 4.81. The minimum Gasteiger partial charge on any atom is -0.376 e. The smallest absolute Gasteiger partial charge is 0.239 e. The van der Waals surface area contributed by atoms with E-state index in [1.165, 1.54) is 11.1 Å². The maximum atomic E-state index is 11.7. The average Bonchev–Trinajstić information content (AvgIpc) is 2.46. The van der Waals surface area contributed by atoms with Crippen molar-refractivity contribution in [3.63, 3.8) is 0 Å². The van der Waals surface area contributed by atoms with Gasteiger partial charge in [-0.15, -0.1) is 0 Å². The molecule has 20 heavy (non-hydrogen) atoms. The van der Waals surface area contributed by atoms with Gasteiger partial charge >= 0.3 is 0 Å². The molecule has 0 heterocycles. The van der Waals surface area contributed by atoms with Crippen LogP contribution in [0, 0.1) is 6.92 Å². The molecule has 0 fully saturated rings. The Bertz CT molecular complexity index is 552. The Morgan fingerprint density at radius 3 is 2.60 bits per heavy atom. The monoisotopic (exact) mass is 268 g/mol. The van der Waals surface area contributed by atoms with Crippen LogP contribution in [0.1, 0.15) is 11.1 Å². The predicted octanol–water partition coefficient (Wildman–Crippen LogP) is 2.77. The van der Waals surface area contributed by atoms with Crippen molar-refractivity contribution in [3.05, 3.63) is 65.7 Å². The second-order valence-electron chi connectivity index (χ2n) is 4.81. The van der Waals surface area contributed by atoms with Crippen LogP contribution in [-0.4, -0.2) is 19.0 Å². The number of amides is 1. The Labute approximate surface area is 120 Å². The van der Waals surface area contributed by atoms with E-state index in [0.29, 0.717) is 13.1 Å². The van der Waals surface area contributed by atoms with E-state index in [4.69, 9.17) is 0 Å². The minimum atomic E-state index is 0.0161. The molecule has 0 saturated heterocycles. The number of carbonyl (C=O) groups excluding carboxylic acids is 1. The molecule has 3 heteroatoms. The van der Waals surface area contributed by atoms with Gasteiger partial charge in [0.25, 0.3) is 0 Å². The maximum absolute atomic E-state index is 11.7. The fourth-order valence-corrected chi connectivity index (χ4v) is 1.99. The van der Waals surface area contributed by atoms with Gasteiger partial charge in [-0.05, 0) is 36.6 Å². The highest BCUT2D eigenvalue weighted by molar-refractivity contribution is 5.80. The Kier molecular flexibility index (Phi) is 5.18. The number of hydrogen-bond donors (Lipinski definition) is 2. The molecule has 3 nitrogen and oxygen atoms in total. The molecule has 2 rings (SSSR count). The van der Waals surface area contributed by atoms with Gasteiger partial charge in [-0.2, -0.15) is 0 Å². The van der Waals surface area contributed by atoms with Crippen LogP contribution in [0.5, 0.6) is 0 Å². The van der Waals surface area contributed by atoms with Crippen LogP contribution in [-0.2, 0) is 11.2 Å². The SMILES string of the molecule is Cc1cccc(NCC(=O)NCCc2ccccc2)c1. The zero-order chi connectivity index (χ0) is 14.2. The molecular formula is C17H20N2O. The number of nitrogens with one attached hydrogen (secondary N) is 2. The van der Waals surface area contributed by atoms with Crippen molar-refractivity contribution in [3.8, 4) is 0 Å². The topological polar surface area (TPSA) is 41.1 Å². The van der Waals surface area contributed by atoms with Crippen LogP contribution in [0.25, 0.3) is 0 Å². The molecule has 0 aliphatic carbocycles. The van der Waals surface area contributed by atoms with Gasteiger partial charge in [-0.1, -0.05) is 42.5 Å². The highest BCUT2D eigenvalue weighted by Gasteiger charge is 2.01. The first-order valence-electron chi connectivity index (χ1n) is 6.85. The van der Waals surface area contributed by atoms with E-state index >= 15 is 0 Å². The molecule has 104 valence electrons. The van der Waals surface area contributed by atoms with Crippen molar-refractivity contribution in [2.24, 2.45) is 0 Å². The van der Waals surface area contributed by atoms with Crippen LogP contribution in [0.2, 0.25) is 0 Å². The quantitative estimate of drug-likeness (QED) is 0.846. The number of benzene rings is 2. The number of anilines is 1. The van der Waals surface area contributed by atoms with Crippen molar-refractivity contribution in [2.45, 2.75) is 13.3 Å². The number of hydrogen-bond acceptors (Lipinski definition) is 2. The first-order chi connectivity index (χ1) is 9.74. The first-order valence-corrected chi connectivity index (χ1v) is 6.85. The molecule has 0 radical (unpaired) electrons. The van der Waals surface area contributed by atoms with Crippen LogP contribution in [0.4, 0.5) is 5.69 Å². The van der Waals surface area contributed by atoms with E-state index in [0.717, 1.165) is 12.1 Å². The minimum absolute atomic E-state index is 0.0161. The lowest BCUT2D eigenvalue weighted by atomic mass is 10.1. The van der Waals surface area contributed by atoms with E-state index in [1.54, 1.807) is 0 Å². The Morgan fingerprint density at radius 1 is 1.05 bits per heavy atom. The molecule has 0 saturated carbocycles. The summed E-state index contributed by atoms with van der Waals surface area (Å²) in [7, 11) is 0. The molecule has 0 spiro atoms. The molecule has 1 amide bonds. The molecule has 0 unspecified atom stereocenters. The Morgan fingerprint density at radius 2 is 1.85 bits per heavy atom. The van der Waals surface area contributed by atoms with E-state index < -0.39 is 0 Å². The summed E-state index contributed by atoms with van der Waals surface area (Å²) in [5, 5.41) is 6.04. The van der Waals surface area contributed by atoms with Gasteiger partial charge in [0.1, 0.15) is 0 Å². The lowest BCUT2D eigenvalue weighted by molar-refractivity contribution is -0.119. The lowest BCUT2D eigenvalue weighted by Crippen LogP contribution is -2.31. The third-order valence-corrected chi connectivity index (χ3v) is 3.05. The van der Waals surface area contributed by atoms with Gasteiger partial charge in [0.05, 0.1) is 6.54 Å². The standard InChI is InChI=1S/C17H20N2O/c1-14-6-5-9-16(12-14)19-13-17(20)18-11-10-15-7-3-2-4-8-15/h2-9,12,19H,10-11,13H2,1H3,(H,18,20). The summed E-state index contributed by atoms with van der Waals surface area (Å²) in [6, 6.07) is 18.1. The molecule has 2 N–H and O–H groups in total. The van der Waals surface area contributed by atoms with E-state index in [2.05, 4.69) is 22.8 Å². The highest BCUT2D eigenvalue weighted by atomic mass is 16.1. The van der Waals surface area contributed by atoms with E-state index in [9.17, 15) is 4.79 Å². The lowest BCUT2D eigenvalue weighted by Gasteiger charge is -2.08. The van der Waals surface area contributed by atoms with Gasteiger partial charge in [-0.25, -0.2) is 0 Å². The van der Waals surface area contributed by atoms with Crippen molar-refractivity contribution >= 4 is 11.6 Å². The summed E-state index contributed by atoms with van der Waals surface area (Å²) in [4.78, 5) is 11.7. The van der Waals surface area contributed by atoms with Gasteiger partial charge in [0, 0.05) is 12.2 Å². The molecule has 0 aliphatic rings. The molecular weight excluding hydrogens is 248 g/mol. The van der Waals surface area contributed by atoms with Crippen molar-refractivity contribution in [1.82, 2.24) is 5.32 Å². The summed E-state index contributed by atoms with van der Waals surface area (Å²) in [5.74, 6) is 0.0161. The summed E-state index contributed by atoms with van der Waals surface area (Å²) in [6.07, 6.45) is 0.858. The first kappa shape index (κ1) is 14.1.